The molecule has 14 heavy (non-hydrogen) atoms. The highest BCUT2D eigenvalue weighted by Crippen LogP contribution is 2.15. The normalized spacial score (nSPS) is 9.50. The number of ether oxygens (including phenoxy) is 1. The predicted octanol–water partition coefficient (Wildman–Crippen LogP) is 1.67. The summed E-state index contributed by atoms with van der Waals surface area (Å²) in [6, 6.07) is 6.25. The van der Waals surface area contributed by atoms with Crippen molar-refractivity contribution in [3.63, 3.8) is 0 Å². The standard InChI is InChI=1S/C9H10N2O3/c1-14-6-9(12)10-7-2-4-8(11-13)5-3-7/h2-5H,6H2,1H3,(H,10,12). The van der Waals surface area contributed by atoms with E-state index in [9.17, 15) is 9.70 Å². The van der Waals surface area contributed by atoms with Crippen LogP contribution in [0.4, 0.5) is 11.4 Å². The van der Waals surface area contributed by atoms with Gasteiger partial charge in [0.15, 0.2) is 0 Å². The van der Waals surface area contributed by atoms with Crippen LogP contribution >= 0.6 is 0 Å². The number of hydrogen-bond donors (Lipinski definition) is 1. The molecule has 0 saturated heterocycles. The van der Waals surface area contributed by atoms with Gasteiger partial charge < -0.3 is 10.1 Å². The molecule has 0 saturated carbocycles. The first kappa shape index (κ1) is 10.3. The average Bonchev–Trinajstić information content (AvgIpc) is 2.19. The summed E-state index contributed by atoms with van der Waals surface area (Å²) in [5.74, 6) is -0.237. The summed E-state index contributed by atoms with van der Waals surface area (Å²) in [5, 5.41) is 5.33. The van der Waals surface area contributed by atoms with Crippen LogP contribution in [-0.4, -0.2) is 19.6 Å². The minimum absolute atomic E-state index is 0.00762. The number of anilines is 1. The number of methoxy groups -OCH3 is 1. The molecule has 0 aliphatic carbocycles. The molecule has 1 N–H and O–H groups in total. The molecule has 0 aromatic heterocycles. The number of benzene rings is 1. The number of carbonyl (C=O) groups is 1. The molecule has 5 nitrogen and oxygen atoms in total. The lowest BCUT2D eigenvalue weighted by Crippen LogP contribution is -2.16. The second-order valence-corrected chi connectivity index (χ2v) is 2.62. The van der Waals surface area contributed by atoms with Crippen LogP contribution in [0.2, 0.25) is 0 Å². The third-order valence-electron chi connectivity index (χ3n) is 1.53. The summed E-state index contributed by atoms with van der Waals surface area (Å²) >= 11 is 0. The molecule has 0 radical (unpaired) electrons. The van der Waals surface area contributed by atoms with Crippen LogP contribution in [0.25, 0.3) is 0 Å². The quantitative estimate of drug-likeness (QED) is 0.741. The number of nitroso groups, excluding NO2 is 1. The van der Waals surface area contributed by atoms with E-state index in [0.717, 1.165) is 0 Å². The van der Waals surface area contributed by atoms with Crippen LogP contribution in [0.3, 0.4) is 0 Å². The molecule has 5 heteroatoms. The van der Waals surface area contributed by atoms with Crippen molar-refractivity contribution in [3.05, 3.63) is 29.2 Å². The van der Waals surface area contributed by atoms with Gasteiger partial charge in [-0.2, -0.15) is 0 Å². The van der Waals surface area contributed by atoms with Gasteiger partial charge in [0.1, 0.15) is 12.3 Å². The smallest absolute Gasteiger partial charge is 0.250 e. The number of hydrogen-bond acceptors (Lipinski definition) is 4. The lowest BCUT2D eigenvalue weighted by Gasteiger charge is -2.03. The molecule has 0 bridgehead atoms. The Kier molecular flexibility index (Phi) is 3.75. The molecule has 0 aliphatic rings. The lowest BCUT2D eigenvalue weighted by molar-refractivity contribution is -0.119. The summed E-state index contributed by atoms with van der Waals surface area (Å²) in [6.45, 7) is 0.00762. The van der Waals surface area contributed by atoms with Crippen LogP contribution in [0.5, 0.6) is 0 Å². The topological polar surface area (TPSA) is 67.8 Å². The summed E-state index contributed by atoms with van der Waals surface area (Å²) in [6.07, 6.45) is 0. The molecule has 74 valence electrons. The Morgan fingerprint density at radius 1 is 1.43 bits per heavy atom. The van der Waals surface area contributed by atoms with Crippen molar-refractivity contribution in [2.24, 2.45) is 5.18 Å². The van der Waals surface area contributed by atoms with Crippen molar-refractivity contribution < 1.29 is 9.53 Å². The first-order chi connectivity index (χ1) is 6.76. The number of amides is 1. The van der Waals surface area contributed by atoms with Crippen molar-refractivity contribution >= 4 is 17.3 Å². The van der Waals surface area contributed by atoms with Gasteiger partial charge in [0.05, 0.1) is 0 Å². The Bertz CT molecular complexity index is 321. The number of nitrogens with zero attached hydrogens (tertiary/aromatic N) is 1. The zero-order valence-electron chi connectivity index (χ0n) is 7.69. The van der Waals surface area contributed by atoms with Gasteiger partial charge in [0.2, 0.25) is 5.91 Å². The summed E-state index contributed by atoms with van der Waals surface area (Å²) in [4.78, 5) is 21.1. The molecule has 1 aromatic rings. The summed E-state index contributed by atoms with van der Waals surface area (Å²) in [5.41, 5.74) is 0.939. The zero-order valence-corrected chi connectivity index (χ0v) is 7.69. The summed E-state index contributed by atoms with van der Waals surface area (Å²) < 4.78 is 4.64. The zero-order chi connectivity index (χ0) is 10.4. The Labute approximate surface area is 81.0 Å². The Balaban J connectivity index is 2.59. The second-order valence-electron chi connectivity index (χ2n) is 2.62. The molecule has 0 atom stereocenters. The predicted molar refractivity (Wildman–Crippen MR) is 52.4 cm³/mol. The fraction of sp³-hybridized carbons (Fsp3) is 0.222. The molecule has 0 heterocycles. The maximum absolute atomic E-state index is 11.0. The number of rotatable bonds is 4. The average molecular weight is 194 g/mol. The molecular weight excluding hydrogens is 184 g/mol. The molecular formula is C9H10N2O3. The maximum atomic E-state index is 11.0. The second kappa shape index (κ2) is 5.08. The molecule has 0 spiro atoms. The molecule has 0 unspecified atom stereocenters. The SMILES string of the molecule is COCC(=O)Nc1ccc(N=O)cc1. The van der Waals surface area contributed by atoms with Gasteiger partial charge >= 0.3 is 0 Å². The highest BCUT2D eigenvalue weighted by Gasteiger charge is 2.00. The van der Waals surface area contributed by atoms with E-state index in [-0.39, 0.29) is 12.5 Å². The van der Waals surface area contributed by atoms with Crippen molar-refractivity contribution in [1.82, 2.24) is 0 Å². The van der Waals surface area contributed by atoms with Gasteiger partial charge in [-0.15, -0.1) is 4.91 Å². The van der Waals surface area contributed by atoms with E-state index in [1.165, 1.54) is 19.2 Å². The highest BCUT2D eigenvalue weighted by atomic mass is 16.5. The van der Waals surface area contributed by atoms with Gasteiger partial charge in [0.25, 0.3) is 0 Å². The Hall–Kier alpha value is -1.75. The van der Waals surface area contributed by atoms with E-state index >= 15 is 0 Å². The Morgan fingerprint density at radius 3 is 2.57 bits per heavy atom. The number of carbonyl (C=O) groups excluding carboxylic acids is 1. The van der Waals surface area contributed by atoms with E-state index < -0.39 is 0 Å². The third kappa shape index (κ3) is 2.95. The third-order valence-corrected chi connectivity index (χ3v) is 1.53. The van der Waals surface area contributed by atoms with Crippen LogP contribution in [0.1, 0.15) is 0 Å². The molecule has 1 rings (SSSR count). The fourth-order valence-electron chi connectivity index (χ4n) is 0.934. The molecule has 0 aliphatic heterocycles. The van der Waals surface area contributed by atoms with Crippen LogP contribution in [0.15, 0.2) is 29.4 Å². The minimum atomic E-state index is -0.237. The van der Waals surface area contributed by atoms with Crippen LogP contribution in [-0.2, 0) is 9.53 Å². The van der Waals surface area contributed by atoms with E-state index in [4.69, 9.17) is 0 Å². The molecule has 0 fully saturated rings. The van der Waals surface area contributed by atoms with Crippen molar-refractivity contribution in [2.75, 3.05) is 19.0 Å². The summed E-state index contributed by atoms with van der Waals surface area (Å²) in [7, 11) is 1.44. The largest absolute Gasteiger partial charge is 0.375 e. The molecule has 1 amide bonds. The lowest BCUT2D eigenvalue weighted by atomic mass is 10.3. The van der Waals surface area contributed by atoms with E-state index in [1.54, 1.807) is 12.1 Å². The van der Waals surface area contributed by atoms with Gasteiger partial charge in [0, 0.05) is 12.8 Å². The van der Waals surface area contributed by atoms with E-state index in [2.05, 4.69) is 15.2 Å². The maximum Gasteiger partial charge on any atom is 0.250 e. The van der Waals surface area contributed by atoms with E-state index in [0.29, 0.717) is 11.4 Å². The van der Waals surface area contributed by atoms with E-state index in [1.807, 2.05) is 0 Å². The van der Waals surface area contributed by atoms with Gasteiger partial charge in [-0.05, 0) is 29.4 Å². The highest BCUT2D eigenvalue weighted by molar-refractivity contribution is 5.91. The first-order valence-corrected chi connectivity index (χ1v) is 3.98. The van der Waals surface area contributed by atoms with Gasteiger partial charge in [-0.1, -0.05) is 0 Å². The van der Waals surface area contributed by atoms with Crippen LogP contribution in [0, 0.1) is 4.91 Å². The van der Waals surface area contributed by atoms with Crippen molar-refractivity contribution in [2.45, 2.75) is 0 Å². The Morgan fingerprint density at radius 2 is 2.07 bits per heavy atom. The first-order valence-electron chi connectivity index (χ1n) is 3.98. The molecule has 1 aromatic carbocycles. The minimum Gasteiger partial charge on any atom is -0.375 e. The monoisotopic (exact) mass is 194 g/mol. The van der Waals surface area contributed by atoms with Crippen molar-refractivity contribution in [1.29, 1.82) is 0 Å². The fourth-order valence-corrected chi connectivity index (χ4v) is 0.934. The van der Waals surface area contributed by atoms with Crippen molar-refractivity contribution in [3.8, 4) is 0 Å². The van der Waals surface area contributed by atoms with Gasteiger partial charge in [-0.3, -0.25) is 4.79 Å². The van der Waals surface area contributed by atoms with Gasteiger partial charge in [-0.25, -0.2) is 0 Å². The number of nitrogens with one attached hydrogen (secondary N) is 1. The van der Waals surface area contributed by atoms with Crippen LogP contribution < -0.4 is 5.32 Å².